The molecule has 57 heavy (non-hydrogen) atoms. The number of nitrogens with two attached hydrogens (primary N) is 1. The van der Waals surface area contributed by atoms with Crippen LogP contribution in [0.4, 0.5) is 10.5 Å². The lowest BCUT2D eigenvalue weighted by atomic mass is 9.84. The van der Waals surface area contributed by atoms with Crippen LogP contribution in [0, 0.1) is 17.3 Å². The third-order valence-electron chi connectivity index (χ3n) is 9.48. The molecular weight excluding hydrogens is 744 g/mol. The zero-order valence-corrected chi connectivity index (χ0v) is 32.1. The van der Waals surface area contributed by atoms with Crippen molar-refractivity contribution in [3.63, 3.8) is 0 Å². The lowest BCUT2D eigenvalue weighted by Gasteiger charge is -2.39. The van der Waals surface area contributed by atoms with E-state index in [0.717, 1.165) is 37.7 Å². The Morgan fingerprint density at radius 3 is 2.40 bits per heavy atom. The zero-order valence-electron chi connectivity index (χ0n) is 32.1. The largest absolute Gasteiger partial charge is 0.481 e. The third kappa shape index (κ3) is 14.0. The van der Waals surface area contributed by atoms with Crippen LogP contribution in [0.5, 0.6) is 5.75 Å². The molecule has 1 saturated heterocycles. The molecule has 1 fully saturated rings. The molecule has 0 bridgehead atoms. The van der Waals surface area contributed by atoms with Gasteiger partial charge < -0.3 is 60.8 Å². The second-order valence-corrected chi connectivity index (χ2v) is 14.7. The van der Waals surface area contributed by atoms with E-state index in [1.54, 1.807) is 38.1 Å². The van der Waals surface area contributed by atoms with E-state index >= 15 is 0 Å². The Bertz CT molecular complexity index is 1730. The number of carbonyl (C=O) groups excluding carboxylic acids is 3. The number of aliphatic hydroxyl groups excluding tert-OH is 4. The molecule has 7 atom stereocenters. The standard InChI is InChI=1S/C40H54N4O13/c1-40(2,38(51)52)20-26(41)18-24-10-13-27(14-11-24)44-39(53)55-22-25-12-15-30(56-37-35(49)34(48)33(47)31(21-45)57-37)29(19-25)36(50)43-17-16-42-32(46)23-54-28-8-6-4-3-5-7-9-28/h10-15,19,26,28,31,33-35,37,45,47-49H,3-6,8,16-18,20-23,41H2,1-2H3,(H,42,46)(H,43,50)(H,44,53)(H,51,52)/t26-,28-,31+,33+,34-,35+,37+/m0/s1. The number of amides is 3. The molecule has 17 nitrogen and oxygen atoms in total. The van der Waals surface area contributed by atoms with Gasteiger partial charge in [0.1, 0.15) is 49.5 Å². The minimum absolute atomic E-state index is 0.00146. The van der Waals surface area contributed by atoms with E-state index in [4.69, 9.17) is 24.7 Å². The first-order valence-corrected chi connectivity index (χ1v) is 18.9. The molecule has 3 amide bonds. The Hall–Kier alpha value is -4.80. The highest BCUT2D eigenvalue weighted by Crippen LogP contribution is 2.28. The number of carbonyl (C=O) groups is 4. The van der Waals surface area contributed by atoms with Gasteiger partial charge in [0.25, 0.3) is 5.91 Å². The molecule has 312 valence electrons. The zero-order chi connectivity index (χ0) is 41.5. The van der Waals surface area contributed by atoms with Crippen molar-refractivity contribution in [3.8, 4) is 17.6 Å². The number of nitrogens with one attached hydrogen (secondary N) is 3. The highest BCUT2D eigenvalue weighted by atomic mass is 16.7. The van der Waals surface area contributed by atoms with Crippen LogP contribution in [-0.4, -0.2) is 119 Å². The number of hydrogen-bond acceptors (Lipinski definition) is 13. The Labute approximate surface area is 331 Å². The molecule has 0 radical (unpaired) electrons. The summed E-state index contributed by atoms with van der Waals surface area (Å²) in [6.07, 6.45) is -3.67. The van der Waals surface area contributed by atoms with Gasteiger partial charge in [0.15, 0.2) is 0 Å². The van der Waals surface area contributed by atoms with Crippen LogP contribution >= 0.6 is 0 Å². The predicted molar refractivity (Wildman–Crippen MR) is 205 cm³/mol. The molecule has 2 aromatic carbocycles. The number of aliphatic carboxylic acids is 1. The van der Waals surface area contributed by atoms with Gasteiger partial charge in [-0.05, 0) is 81.3 Å². The number of benzene rings is 2. The minimum atomic E-state index is -1.74. The number of hydrogen-bond donors (Lipinski definition) is 9. The maximum atomic E-state index is 13.5. The Kier molecular flexibility index (Phi) is 17.1. The molecule has 0 aromatic heterocycles. The van der Waals surface area contributed by atoms with Crippen LogP contribution in [0.1, 0.15) is 73.9 Å². The molecule has 1 aliphatic heterocycles. The number of ether oxygens (including phenoxy) is 4. The van der Waals surface area contributed by atoms with Gasteiger partial charge in [-0.25, -0.2) is 4.79 Å². The van der Waals surface area contributed by atoms with E-state index in [9.17, 15) is 44.7 Å². The van der Waals surface area contributed by atoms with Gasteiger partial charge in [-0.1, -0.05) is 30.5 Å². The lowest BCUT2D eigenvalue weighted by molar-refractivity contribution is -0.277. The van der Waals surface area contributed by atoms with Crippen LogP contribution < -0.4 is 26.4 Å². The second-order valence-electron chi connectivity index (χ2n) is 14.7. The van der Waals surface area contributed by atoms with Crippen molar-refractivity contribution >= 4 is 29.6 Å². The number of carboxylic acid groups (broad SMARTS) is 1. The van der Waals surface area contributed by atoms with Gasteiger partial charge in [-0.15, -0.1) is 5.92 Å². The number of rotatable bonds is 18. The quantitative estimate of drug-likeness (QED) is 0.0758. The fraction of sp³-hybridized carbons (Fsp3) is 0.550. The van der Waals surface area contributed by atoms with Crippen molar-refractivity contribution in [2.45, 2.75) is 108 Å². The molecule has 10 N–H and O–H groups in total. The van der Waals surface area contributed by atoms with Crippen molar-refractivity contribution in [1.29, 1.82) is 0 Å². The van der Waals surface area contributed by atoms with E-state index in [1.165, 1.54) is 18.2 Å². The first-order valence-electron chi connectivity index (χ1n) is 18.9. The Morgan fingerprint density at radius 2 is 1.68 bits per heavy atom. The summed E-state index contributed by atoms with van der Waals surface area (Å²) in [7, 11) is 0. The maximum Gasteiger partial charge on any atom is 0.411 e. The fourth-order valence-corrected chi connectivity index (χ4v) is 6.19. The van der Waals surface area contributed by atoms with E-state index in [-0.39, 0.29) is 62.1 Å². The molecule has 0 unspecified atom stereocenters. The van der Waals surface area contributed by atoms with Crippen molar-refractivity contribution in [1.82, 2.24) is 10.6 Å². The van der Waals surface area contributed by atoms with E-state index < -0.39 is 60.7 Å². The molecular formula is C40H54N4O13. The summed E-state index contributed by atoms with van der Waals surface area (Å²) in [5.41, 5.74) is 6.79. The molecule has 2 aromatic rings. The van der Waals surface area contributed by atoms with E-state index in [0.29, 0.717) is 17.7 Å². The molecule has 0 saturated carbocycles. The van der Waals surface area contributed by atoms with Crippen LogP contribution in [0.3, 0.4) is 0 Å². The Morgan fingerprint density at radius 1 is 0.965 bits per heavy atom. The van der Waals surface area contributed by atoms with Crippen LogP contribution in [0.15, 0.2) is 42.5 Å². The fourth-order valence-electron chi connectivity index (χ4n) is 6.19. The summed E-state index contributed by atoms with van der Waals surface area (Å²) in [5.74, 6) is 4.02. The normalized spacial score (nSPS) is 22.7. The number of anilines is 1. The van der Waals surface area contributed by atoms with E-state index in [1.807, 2.05) is 0 Å². The van der Waals surface area contributed by atoms with Gasteiger partial charge in [0.05, 0.1) is 17.6 Å². The van der Waals surface area contributed by atoms with Crippen molar-refractivity contribution < 1.29 is 63.7 Å². The second kappa shape index (κ2) is 21.6. The first kappa shape index (κ1) is 44.9. The van der Waals surface area contributed by atoms with Crippen LogP contribution in [0.2, 0.25) is 0 Å². The van der Waals surface area contributed by atoms with Gasteiger partial charge in [0, 0.05) is 31.2 Å². The summed E-state index contributed by atoms with van der Waals surface area (Å²) in [4.78, 5) is 50.0. The highest BCUT2D eigenvalue weighted by molar-refractivity contribution is 5.97. The monoisotopic (exact) mass is 798 g/mol. The van der Waals surface area contributed by atoms with Gasteiger partial charge >= 0.3 is 12.1 Å². The number of carboxylic acids is 1. The van der Waals surface area contributed by atoms with Crippen LogP contribution in [-0.2, 0) is 36.8 Å². The first-order chi connectivity index (χ1) is 27.2. The van der Waals surface area contributed by atoms with Crippen LogP contribution in [0.25, 0.3) is 0 Å². The Balaban J connectivity index is 1.35. The molecule has 17 heteroatoms. The minimum Gasteiger partial charge on any atom is -0.481 e. The lowest BCUT2D eigenvalue weighted by Crippen LogP contribution is -2.60. The maximum absolute atomic E-state index is 13.5. The molecule has 0 spiro atoms. The molecule has 4 rings (SSSR count). The third-order valence-corrected chi connectivity index (χ3v) is 9.48. The van der Waals surface area contributed by atoms with Gasteiger partial charge in [-0.2, -0.15) is 0 Å². The topological polar surface area (TPSA) is 268 Å². The molecule has 1 aliphatic carbocycles. The smallest absolute Gasteiger partial charge is 0.411 e. The molecule has 1 heterocycles. The van der Waals surface area contributed by atoms with Crippen molar-refractivity contribution in [2.75, 3.05) is 31.6 Å². The van der Waals surface area contributed by atoms with E-state index in [2.05, 4.69) is 27.8 Å². The SMILES string of the molecule is CC(C)(C[C@@H](N)Cc1ccc(NC(=O)OCc2ccc(O[C@@H]3O[C@H](CO)[C@@H](O)[C@H](O)[C@H]3O)c(C(=O)NCCNC(=O)CO[C@@H]3C#CCCCCC3)c2)cc1)C(=O)O. The summed E-state index contributed by atoms with van der Waals surface area (Å²) < 4.78 is 22.3. The van der Waals surface area contributed by atoms with Gasteiger partial charge in [-0.3, -0.25) is 19.7 Å². The summed E-state index contributed by atoms with van der Waals surface area (Å²) >= 11 is 0. The average Bonchev–Trinajstić information content (AvgIpc) is 3.16. The summed E-state index contributed by atoms with van der Waals surface area (Å²) in [6.45, 7) is 2.15. The average molecular weight is 799 g/mol. The predicted octanol–water partition coefficient (Wildman–Crippen LogP) is 1.18. The van der Waals surface area contributed by atoms with Crippen molar-refractivity contribution in [2.24, 2.45) is 11.1 Å². The van der Waals surface area contributed by atoms with Crippen molar-refractivity contribution in [3.05, 3.63) is 59.2 Å². The molecule has 2 aliphatic rings. The summed E-state index contributed by atoms with van der Waals surface area (Å²) in [6, 6.07) is 10.7. The van der Waals surface area contributed by atoms with Gasteiger partial charge in [0.2, 0.25) is 12.2 Å². The number of aliphatic hydroxyl groups is 4. The summed E-state index contributed by atoms with van der Waals surface area (Å²) in [5, 5.41) is 57.9. The highest BCUT2D eigenvalue weighted by Gasteiger charge is 2.45.